The van der Waals surface area contributed by atoms with Crippen molar-refractivity contribution < 1.29 is 4.79 Å². The van der Waals surface area contributed by atoms with Gasteiger partial charge in [0.1, 0.15) is 5.69 Å². The van der Waals surface area contributed by atoms with Gasteiger partial charge in [-0.2, -0.15) is 9.78 Å². The van der Waals surface area contributed by atoms with E-state index in [1.54, 1.807) is 24.0 Å². The lowest BCUT2D eigenvalue weighted by Gasteiger charge is -2.11. The number of rotatable bonds is 3. The third-order valence-corrected chi connectivity index (χ3v) is 5.08. The summed E-state index contributed by atoms with van der Waals surface area (Å²) in [6, 6.07) is 22.8. The predicted octanol–water partition coefficient (Wildman–Crippen LogP) is 4.08. The van der Waals surface area contributed by atoms with E-state index >= 15 is 0 Å². The van der Waals surface area contributed by atoms with Gasteiger partial charge in [-0.3, -0.25) is 9.59 Å². The number of carbonyl (C=O) groups is 1. The Balaban J connectivity index is 1.61. The topological polar surface area (TPSA) is 68.9 Å². The molecular formula is C24H18N4O2. The smallest absolute Gasteiger partial charge is 0.282 e. The minimum atomic E-state index is -0.315. The van der Waals surface area contributed by atoms with Gasteiger partial charge in [-0.25, -0.2) is 0 Å². The molecule has 3 aromatic rings. The van der Waals surface area contributed by atoms with Crippen molar-refractivity contribution in [3.63, 3.8) is 0 Å². The lowest BCUT2D eigenvalue weighted by Crippen LogP contribution is -2.17. The van der Waals surface area contributed by atoms with E-state index in [2.05, 4.69) is 10.4 Å². The van der Waals surface area contributed by atoms with Crippen LogP contribution < -0.4 is 10.9 Å². The molecular weight excluding hydrogens is 376 g/mol. The molecule has 2 heterocycles. The molecule has 6 heteroatoms. The van der Waals surface area contributed by atoms with Crippen LogP contribution in [0.4, 0.5) is 5.69 Å². The first-order valence-electron chi connectivity index (χ1n) is 9.55. The number of amides is 1. The van der Waals surface area contributed by atoms with Crippen LogP contribution in [0.1, 0.15) is 10.4 Å². The summed E-state index contributed by atoms with van der Waals surface area (Å²) in [5.41, 5.74) is 2.22. The van der Waals surface area contributed by atoms with Crippen molar-refractivity contribution in [3.8, 4) is 16.9 Å². The minimum Gasteiger partial charge on any atom is -0.356 e. The van der Waals surface area contributed by atoms with Crippen molar-refractivity contribution in [2.45, 2.75) is 0 Å². The molecule has 0 spiro atoms. The monoisotopic (exact) mass is 394 g/mol. The van der Waals surface area contributed by atoms with Gasteiger partial charge in [-0.05, 0) is 23.6 Å². The van der Waals surface area contributed by atoms with Crippen molar-refractivity contribution in [3.05, 3.63) is 101 Å². The SMILES string of the molecule is Cn1cc(C(=O)Nc2cccc3ccccc23)c2nn(-c3ccccc3)c(=O)c-2c1. The average molecular weight is 394 g/mol. The normalized spacial score (nSPS) is 11.1. The maximum atomic E-state index is 13.2. The molecule has 3 aromatic carbocycles. The third kappa shape index (κ3) is 2.95. The van der Waals surface area contributed by atoms with Crippen LogP contribution in [0.5, 0.6) is 0 Å². The molecule has 1 N–H and O–H groups in total. The molecule has 0 saturated heterocycles. The summed E-state index contributed by atoms with van der Waals surface area (Å²) < 4.78 is 3.04. The Bertz CT molecular complexity index is 1410. The van der Waals surface area contributed by atoms with E-state index in [1.165, 1.54) is 4.68 Å². The van der Waals surface area contributed by atoms with Crippen molar-refractivity contribution >= 4 is 22.4 Å². The highest BCUT2D eigenvalue weighted by molar-refractivity contribution is 6.11. The van der Waals surface area contributed by atoms with Gasteiger partial charge >= 0.3 is 0 Å². The van der Waals surface area contributed by atoms with Crippen molar-refractivity contribution in [2.75, 3.05) is 5.32 Å². The van der Waals surface area contributed by atoms with Crippen LogP contribution in [0.25, 0.3) is 27.7 Å². The van der Waals surface area contributed by atoms with Crippen LogP contribution >= 0.6 is 0 Å². The fourth-order valence-corrected chi connectivity index (χ4v) is 3.67. The van der Waals surface area contributed by atoms with Gasteiger partial charge in [0, 0.05) is 30.5 Å². The molecule has 0 saturated carbocycles. The van der Waals surface area contributed by atoms with E-state index < -0.39 is 0 Å². The lowest BCUT2D eigenvalue weighted by atomic mass is 10.1. The van der Waals surface area contributed by atoms with Crippen molar-refractivity contribution in [2.24, 2.45) is 7.05 Å². The number of carbonyl (C=O) groups excluding carboxylic acids is 1. The Morgan fingerprint density at radius 2 is 1.63 bits per heavy atom. The molecule has 0 radical (unpaired) electrons. The fourth-order valence-electron chi connectivity index (χ4n) is 3.67. The van der Waals surface area contributed by atoms with Crippen LogP contribution in [-0.2, 0) is 7.05 Å². The summed E-state index contributed by atoms with van der Waals surface area (Å²) in [6.07, 6.45) is 3.38. The molecule has 6 nitrogen and oxygen atoms in total. The van der Waals surface area contributed by atoms with Gasteiger partial charge < -0.3 is 9.88 Å². The molecule has 0 bridgehead atoms. The highest BCUT2D eigenvalue weighted by atomic mass is 16.2. The van der Waals surface area contributed by atoms with E-state index in [4.69, 9.17) is 0 Å². The van der Waals surface area contributed by atoms with Crippen LogP contribution in [0.3, 0.4) is 0 Å². The number of aromatic nitrogens is 3. The Hall–Kier alpha value is -4.19. The molecule has 0 fully saturated rings. The summed E-state index contributed by atoms with van der Waals surface area (Å²) in [7, 11) is 1.79. The molecule has 5 rings (SSSR count). The number of hydrogen-bond acceptors (Lipinski definition) is 3. The molecule has 0 aliphatic carbocycles. The highest BCUT2D eigenvalue weighted by Gasteiger charge is 2.24. The molecule has 0 unspecified atom stereocenters. The maximum Gasteiger partial charge on any atom is 0.282 e. The maximum absolute atomic E-state index is 13.2. The summed E-state index contributed by atoms with van der Waals surface area (Å²) in [5, 5.41) is 9.45. The lowest BCUT2D eigenvalue weighted by molar-refractivity contribution is 0.102. The average Bonchev–Trinajstić information content (AvgIpc) is 3.10. The number of aryl methyl sites for hydroxylation is 1. The molecule has 0 atom stereocenters. The zero-order valence-corrected chi connectivity index (χ0v) is 16.2. The zero-order chi connectivity index (χ0) is 20.7. The second-order valence-corrected chi connectivity index (χ2v) is 7.13. The number of benzene rings is 3. The van der Waals surface area contributed by atoms with Crippen LogP contribution in [-0.4, -0.2) is 20.3 Å². The molecule has 1 amide bonds. The summed E-state index contributed by atoms with van der Waals surface area (Å²) >= 11 is 0. The molecule has 30 heavy (non-hydrogen) atoms. The predicted molar refractivity (Wildman–Crippen MR) is 117 cm³/mol. The third-order valence-electron chi connectivity index (χ3n) is 5.08. The first kappa shape index (κ1) is 17.9. The second-order valence-electron chi connectivity index (χ2n) is 7.13. The van der Waals surface area contributed by atoms with E-state index in [0.29, 0.717) is 28.2 Å². The number of para-hydroxylation sites is 1. The number of anilines is 1. The Labute approximate surface area is 172 Å². The molecule has 0 aromatic heterocycles. The van der Waals surface area contributed by atoms with Crippen LogP contribution in [0.15, 0.2) is 90.0 Å². The number of nitrogens with one attached hydrogen (secondary N) is 1. The Kier molecular flexibility index (Phi) is 4.17. The van der Waals surface area contributed by atoms with Gasteiger partial charge in [0.2, 0.25) is 0 Å². The van der Waals surface area contributed by atoms with E-state index in [0.717, 1.165) is 10.8 Å². The highest BCUT2D eigenvalue weighted by Crippen LogP contribution is 2.26. The molecule has 2 aliphatic rings. The van der Waals surface area contributed by atoms with Crippen LogP contribution in [0, 0.1) is 0 Å². The van der Waals surface area contributed by atoms with Crippen molar-refractivity contribution in [1.82, 2.24) is 14.3 Å². The van der Waals surface area contributed by atoms with E-state index in [9.17, 15) is 9.59 Å². The van der Waals surface area contributed by atoms with E-state index in [-0.39, 0.29) is 11.5 Å². The van der Waals surface area contributed by atoms with Crippen molar-refractivity contribution in [1.29, 1.82) is 0 Å². The molecule has 2 aliphatic heterocycles. The largest absolute Gasteiger partial charge is 0.356 e. The first-order chi connectivity index (χ1) is 14.6. The number of fused-ring (bicyclic) bond motifs is 2. The Morgan fingerprint density at radius 1 is 0.900 bits per heavy atom. The van der Waals surface area contributed by atoms with Gasteiger partial charge in [-0.1, -0.05) is 54.6 Å². The van der Waals surface area contributed by atoms with Gasteiger partial charge in [0.15, 0.2) is 0 Å². The first-order valence-corrected chi connectivity index (χ1v) is 9.55. The Morgan fingerprint density at radius 3 is 2.47 bits per heavy atom. The number of nitrogens with zero attached hydrogens (tertiary/aromatic N) is 3. The summed E-state index contributed by atoms with van der Waals surface area (Å²) in [4.78, 5) is 26.1. The van der Waals surface area contributed by atoms with Gasteiger partial charge in [-0.15, -0.1) is 0 Å². The molecule has 146 valence electrons. The number of hydrogen-bond donors (Lipinski definition) is 1. The van der Waals surface area contributed by atoms with Gasteiger partial charge in [0.05, 0.1) is 16.8 Å². The standard InChI is InChI=1S/C24H18N4O2/c1-27-14-19(23(29)25-21-13-7-9-16-8-5-6-12-18(16)21)22-20(15-27)24(30)28(26-22)17-10-3-2-4-11-17/h2-15H,1H3,(H,25,29). The van der Waals surface area contributed by atoms with Crippen LogP contribution in [0.2, 0.25) is 0 Å². The zero-order valence-electron chi connectivity index (χ0n) is 16.2. The van der Waals surface area contributed by atoms with E-state index in [1.807, 2.05) is 72.8 Å². The summed E-state index contributed by atoms with van der Waals surface area (Å²) in [6.45, 7) is 0. The number of pyridine rings is 1. The quantitative estimate of drug-likeness (QED) is 0.501. The summed E-state index contributed by atoms with van der Waals surface area (Å²) in [5.74, 6) is -0.315. The second kappa shape index (κ2) is 7.00. The fraction of sp³-hybridized carbons (Fsp3) is 0.0417. The minimum absolute atomic E-state index is 0.258. The van der Waals surface area contributed by atoms with Gasteiger partial charge in [0.25, 0.3) is 11.5 Å².